The van der Waals surface area contributed by atoms with Gasteiger partial charge in [0.25, 0.3) is 11.5 Å². The number of hydrogen-bond acceptors (Lipinski definition) is 3. The Balaban J connectivity index is 1.62. The summed E-state index contributed by atoms with van der Waals surface area (Å²) < 4.78 is 1.61. The van der Waals surface area contributed by atoms with Crippen molar-refractivity contribution in [3.63, 3.8) is 0 Å². The topological polar surface area (TPSA) is 71.3 Å². The normalized spacial score (nSPS) is 13.0. The summed E-state index contributed by atoms with van der Waals surface area (Å²) in [6, 6.07) is 18.9. The molecule has 0 fully saturated rings. The SMILES string of the molecule is O=C(Nc1ccc2ccccc2c1)c1c(O)c2cccc3c2n(c1=O)CCC3. The van der Waals surface area contributed by atoms with Crippen LogP contribution >= 0.6 is 0 Å². The molecule has 0 radical (unpaired) electrons. The highest BCUT2D eigenvalue weighted by atomic mass is 16.3. The number of carbonyl (C=O) groups is 1. The maximum atomic E-state index is 13.0. The van der Waals surface area contributed by atoms with Gasteiger partial charge in [0.15, 0.2) is 0 Å². The maximum Gasteiger partial charge on any atom is 0.267 e. The molecule has 138 valence electrons. The zero-order valence-electron chi connectivity index (χ0n) is 15.1. The number of aromatic nitrogens is 1. The number of aryl methyl sites for hydroxylation is 2. The summed E-state index contributed by atoms with van der Waals surface area (Å²) in [6.07, 6.45) is 1.70. The van der Waals surface area contributed by atoms with E-state index in [4.69, 9.17) is 0 Å². The first kappa shape index (κ1) is 16.6. The fourth-order valence-corrected chi connectivity index (χ4v) is 4.08. The summed E-state index contributed by atoms with van der Waals surface area (Å²) in [4.78, 5) is 25.9. The third-order valence-corrected chi connectivity index (χ3v) is 5.40. The Hall–Kier alpha value is -3.60. The van der Waals surface area contributed by atoms with Gasteiger partial charge in [-0.15, -0.1) is 0 Å². The second kappa shape index (κ2) is 6.23. The predicted molar refractivity (Wildman–Crippen MR) is 110 cm³/mol. The molecule has 5 rings (SSSR count). The first-order valence-corrected chi connectivity index (χ1v) is 9.31. The number of nitrogens with one attached hydrogen (secondary N) is 1. The number of carbonyl (C=O) groups excluding carboxylic acids is 1. The minimum atomic E-state index is -0.598. The third kappa shape index (κ3) is 2.47. The molecule has 0 unspecified atom stereocenters. The Bertz CT molecular complexity index is 1320. The molecule has 0 bridgehead atoms. The van der Waals surface area contributed by atoms with Crippen LogP contribution in [0.15, 0.2) is 65.5 Å². The van der Waals surface area contributed by atoms with Crippen LogP contribution in [0.25, 0.3) is 21.7 Å². The van der Waals surface area contributed by atoms with Crippen molar-refractivity contribution >= 4 is 33.3 Å². The summed E-state index contributed by atoms with van der Waals surface area (Å²) >= 11 is 0. The van der Waals surface area contributed by atoms with Crippen LogP contribution in [-0.4, -0.2) is 15.6 Å². The highest BCUT2D eigenvalue weighted by Crippen LogP contribution is 2.32. The van der Waals surface area contributed by atoms with Crippen LogP contribution in [0.1, 0.15) is 22.3 Å². The quantitative estimate of drug-likeness (QED) is 0.559. The number of fused-ring (bicyclic) bond motifs is 1. The molecule has 5 heteroatoms. The lowest BCUT2D eigenvalue weighted by Gasteiger charge is -2.21. The molecular weight excluding hydrogens is 352 g/mol. The molecule has 1 aliphatic heterocycles. The van der Waals surface area contributed by atoms with Crippen LogP contribution < -0.4 is 10.9 Å². The Labute approximate surface area is 160 Å². The van der Waals surface area contributed by atoms with Crippen molar-refractivity contribution < 1.29 is 9.90 Å². The van der Waals surface area contributed by atoms with Gasteiger partial charge < -0.3 is 15.0 Å². The van der Waals surface area contributed by atoms with Crippen molar-refractivity contribution in [1.29, 1.82) is 0 Å². The molecule has 0 aliphatic carbocycles. The number of pyridine rings is 1. The van der Waals surface area contributed by atoms with Crippen LogP contribution in [0.5, 0.6) is 5.75 Å². The van der Waals surface area contributed by atoms with Gasteiger partial charge in [-0.05, 0) is 47.4 Å². The summed E-state index contributed by atoms with van der Waals surface area (Å²) in [6.45, 7) is 0.545. The maximum absolute atomic E-state index is 13.0. The number of benzene rings is 3. The standard InChI is InChI=1S/C23H18N2O3/c26-21-18-9-3-7-15-8-4-12-25(20(15)18)23(28)19(21)22(27)24-17-11-10-14-5-1-2-6-16(14)13-17/h1-3,5-7,9-11,13,26H,4,8,12H2,(H,24,27). The van der Waals surface area contributed by atoms with E-state index in [0.717, 1.165) is 34.7 Å². The van der Waals surface area contributed by atoms with Crippen molar-refractivity contribution in [1.82, 2.24) is 4.57 Å². The zero-order valence-corrected chi connectivity index (χ0v) is 15.1. The number of hydrogen-bond donors (Lipinski definition) is 2. The van der Waals surface area contributed by atoms with Gasteiger partial charge in [0, 0.05) is 17.6 Å². The van der Waals surface area contributed by atoms with Gasteiger partial charge in [-0.1, -0.05) is 42.5 Å². The molecule has 0 saturated carbocycles. The van der Waals surface area contributed by atoms with Gasteiger partial charge in [0.1, 0.15) is 11.3 Å². The average Bonchev–Trinajstić information content (AvgIpc) is 2.72. The fraction of sp³-hybridized carbons (Fsp3) is 0.130. The van der Waals surface area contributed by atoms with Crippen LogP contribution in [0.4, 0.5) is 5.69 Å². The molecule has 4 aromatic rings. The largest absolute Gasteiger partial charge is 0.506 e. The van der Waals surface area contributed by atoms with E-state index in [9.17, 15) is 14.7 Å². The van der Waals surface area contributed by atoms with Crippen LogP contribution in [0, 0.1) is 0 Å². The predicted octanol–water partition coefficient (Wildman–Crippen LogP) is 4.06. The molecule has 5 nitrogen and oxygen atoms in total. The lowest BCUT2D eigenvalue weighted by atomic mass is 9.99. The number of aromatic hydroxyl groups is 1. The molecule has 1 amide bonds. The molecule has 0 atom stereocenters. The lowest BCUT2D eigenvalue weighted by Crippen LogP contribution is -2.31. The van der Waals surface area contributed by atoms with Gasteiger partial charge in [-0.2, -0.15) is 0 Å². The van der Waals surface area contributed by atoms with Crippen LogP contribution in [-0.2, 0) is 13.0 Å². The number of anilines is 1. The van der Waals surface area contributed by atoms with Gasteiger partial charge in [0.05, 0.1) is 5.52 Å². The van der Waals surface area contributed by atoms with E-state index in [2.05, 4.69) is 5.32 Å². The molecule has 0 saturated heterocycles. The van der Waals surface area contributed by atoms with E-state index in [0.29, 0.717) is 17.6 Å². The van der Waals surface area contributed by atoms with Gasteiger partial charge >= 0.3 is 0 Å². The molecule has 1 aromatic heterocycles. The summed E-state index contributed by atoms with van der Waals surface area (Å²) in [7, 11) is 0. The summed E-state index contributed by atoms with van der Waals surface area (Å²) in [5.74, 6) is -0.849. The molecule has 28 heavy (non-hydrogen) atoms. The average molecular weight is 370 g/mol. The van der Waals surface area contributed by atoms with Crippen molar-refractivity contribution in [3.05, 3.63) is 82.1 Å². The Morgan fingerprint density at radius 2 is 1.82 bits per heavy atom. The Morgan fingerprint density at radius 3 is 2.68 bits per heavy atom. The van der Waals surface area contributed by atoms with E-state index in [1.165, 1.54) is 0 Å². The zero-order chi connectivity index (χ0) is 19.3. The Kier molecular flexibility index (Phi) is 3.69. The smallest absolute Gasteiger partial charge is 0.267 e. The molecule has 1 aliphatic rings. The fourth-order valence-electron chi connectivity index (χ4n) is 4.08. The highest BCUT2D eigenvalue weighted by molar-refractivity contribution is 6.10. The molecule has 2 heterocycles. The Morgan fingerprint density at radius 1 is 1.00 bits per heavy atom. The van der Waals surface area contributed by atoms with E-state index < -0.39 is 11.5 Å². The molecule has 0 spiro atoms. The minimum Gasteiger partial charge on any atom is -0.506 e. The van der Waals surface area contributed by atoms with Gasteiger partial charge in [-0.25, -0.2) is 0 Å². The van der Waals surface area contributed by atoms with Gasteiger partial charge in [-0.3, -0.25) is 9.59 Å². The number of para-hydroxylation sites is 1. The summed E-state index contributed by atoms with van der Waals surface area (Å²) in [5.41, 5.74) is 1.68. The summed E-state index contributed by atoms with van der Waals surface area (Å²) in [5, 5.41) is 16.1. The molecule has 3 aromatic carbocycles. The second-order valence-electron chi connectivity index (χ2n) is 7.11. The first-order valence-electron chi connectivity index (χ1n) is 9.31. The number of rotatable bonds is 2. The van der Waals surface area contributed by atoms with Crippen molar-refractivity contribution in [2.24, 2.45) is 0 Å². The van der Waals surface area contributed by atoms with Crippen LogP contribution in [0.2, 0.25) is 0 Å². The molecular formula is C23H18N2O3. The van der Waals surface area contributed by atoms with E-state index in [1.807, 2.05) is 48.5 Å². The highest BCUT2D eigenvalue weighted by Gasteiger charge is 2.25. The van der Waals surface area contributed by atoms with Crippen molar-refractivity contribution in [3.8, 4) is 5.75 Å². The second-order valence-corrected chi connectivity index (χ2v) is 7.11. The number of amides is 1. The lowest BCUT2D eigenvalue weighted by molar-refractivity contribution is 0.102. The monoisotopic (exact) mass is 370 g/mol. The van der Waals surface area contributed by atoms with Crippen molar-refractivity contribution in [2.45, 2.75) is 19.4 Å². The van der Waals surface area contributed by atoms with E-state index >= 15 is 0 Å². The van der Waals surface area contributed by atoms with E-state index in [-0.39, 0.29) is 11.3 Å². The van der Waals surface area contributed by atoms with Crippen LogP contribution in [0.3, 0.4) is 0 Å². The van der Waals surface area contributed by atoms with Gasteiger partial charge in [0.2, 0.25) is 0 Å². The number of nitrogens with zero attached hydrogens (tertiary/aromatic N) is 1. The third-order valence-electron chi connectivity index (χ3n) is 5.40. The molecule has 2 N–H and O–H groups in total. The van der Waals surface area contributed by atoms with E-state index in [1.54, 1.807) is 16.7 Å². The van der Waals surface area contributed by atoms with Crippen molar-refractivity contribution in [2.75, 3.05) is 5.32 Å². The minimum absolute atomic E-state index is 0.209. The first-order chi connectivity index (χ1) is 13.6.